The van der Waals surface area contributed by atoms with Crippen molar-refractivity contribution in [1.82, 2.24) is 4.98 Å². The molecule has 0 aliphatic carbocycles. The molecule has 0 bridgehead atoms. The number of benzene rings is 3. The Morgan fingerprint density at radius 2 is 1.42 bits per heavy atom. The van der Waals surface area contributed by atoms with Crippen molar-refractivity contribution in [2.75, 3.05) is 9.62 Å². The van der Waals surface area contributed by atoms with Gasteiger partial charge in [0, 0.05) is 50.8 Å². The molecular weight excluding hydrogens is 541 g/mol. The van der Waals surface area contributed by atoms with Crippen molar-refractivity contribution < 1.29 is 18.6 Å². The molecule has 3 N–H and O–H groups in total. The minimum Gasteiger partial charge on any atom is -0.507 e. The van der Waals surface area contributed by atoms with Crippen LogP contribution in [0, 0.1) is 0 Å². The molecule has 11 heteroatoms. The first-order valence-electron chi connectivity index (χ1n) is 10.4. The summed E-state index contributed by atoms with van der Waals surface area (Å²) in [6.45, 7) is 0. The van der Waals surface area contributed by atoms with Crippen LogP contribution in [0.15, 0.2) is 89.5 Å². The van der Waals surface area contributed by atoms with Crippen LogP contribution in [0.1, 0.15) is 11.1 Å². The lowest BCUT2D eigenvalue weighted by molar-refractivity contribution is 0.473. The van der Waals surface area contributed by atoms with Crippen molar-refractivity contribution in [2.24, 2.45) is 0 Å². The number of aromatic nitrogens is 1. The molecule has 0 saturated carbocycles. The number of nitrogens with one attached hydrogen (secondary N) is 1. The van der Waals surface area contributed by atoms with E-state index in [0.29, 0.717) is 26.9 Å². The Labute approximate surface area is 222 Å². The van der Waals surface area contributed by atoms with E-state index in [9.17, 15) is 18.6 Å². The zero-order valence-electron chi connectivity index (χ0n) is 18.4. The largest absolute Gasteiger partial charge is 0.507 e. The van der Waals surface area contributed by atoms with Crippen molar-refractivity contribution in [1.29, 1.82) is 0 Å². The predicted octanol–water partition coefficient (Wildman–Crippen LogP) is 6.81. The Bertz CT molecular complexity index is 1460. The van der Waals surface area contributed by atoms with Gasteiger partial charge in [-0.1, -0.05) is 23.2 Å². The van der Waals surface area contributed by atoms with Crippen LogP contribution < -0.4 is 9.62 Å². The quantitative estimate of drug-likeness (QED) is 0.219. The van der Waals surface area contributed by atoms with Gasteiger partial charge in [-0.15, -0.1) is 11.3 Å². The smallest absolute Gasteiger partial charge is 0.263 e. The molecule has 0 unspecified atom stereocenters. The number of halogens is 2. The van der Waals surface area contributed by atoms with E-state index in [1.54, 1.807) is 71.2 Å². The van der Waals surface area contributed by atoms with Crippen molar-refractivity contribution in [3.8, 4) is 11.5 Å². The molecule has 0 saturated heterocycles. The van der Waals surface area contributed by atoms with Crippen LogP contribution in [-0.4, -0.2) is 23.6 Å². The third kappa shape index (κ3) is 6.38. The van der Waals surface area contributed by atoms with E-state index in [1.165, 1.54) is 41.8 Å². The zero-order chi connectivity index (χ0) is 25.7. The van der Waals surface area contributed by atoms with Crippen LogP contribution in [0.25, 0.3) is 12.2 Å². The molecule has 0 aliphatic rings. The Kier molecular flexibility index (Phi) is 7.85. The van der Waals surface area contributed by atoms with E-state index >= 15 is 0 Å². The second-order valence-electron chi connectivity index (χ2n) is 7.38. The highest BCUT2D eigenvalue weighted by Crippen LogP contribution is 2.27. The predicted molar refractivity (Wildman–Crippen MR) is 146 cm³/mol. The molecule has 0 atom stereocenters. The van der Waals surface area contributed by atoms with Crippen molar-refractivity contribution >= 4 is 67.5 Å². The van der Waals surface area contributed by atoms with Gasteiger partial charge in [0.05, 0.1) is 4.90 Å². The number of hydrogen-bond acceptors (Lipinski definition) is 7. The summed E-state index contributed by atoms with van der Waals surface area (Å²) in [7, 11) is -3.81. The summed E-state index contributed by atoms with van der Waals surface area (Å²) in [6, 6.07) is 15.5. The topological polar surface area (TPSA) is 103 Å². The summed E-state index contributed by atoms with van der Waals surface area (Å²) in [6.07, 6.45) is 8.15. The lowest BCUT2D eigenvalue weighted by Crippen LogP contribution is -2.13. The minimum atomic E-state index is -3.81. The standard InChI is InChI=1S/C25H19Cl2N3O4S2/c26-19-1-7-23(31)17(15-19)9-12-30(13-10-18-16-20(27)2-8-24(18)32)21-3-5-22(6-4-21)36(33,34)29-25-28-11-14-35-25/h1-16,31-32H,(H,28,29)/b12-9+,13-10+. The fourth-order valence-electron chi connectivity index (χ4n) is 3.11. The molecule has 36 heavy (non-hydrogen) atoms. The van der Waals surface area contributed by atoms with Crippen LogP contribution in [-0.2, 0) is 10.0 Å². The first kappa shape index (κ1) is 25.6. The monoisotopic (exact) mass is 559 g/mol. The lowest BCUT2D eigenvalue weighted by Gasteiger charge is -2.17. The molecule has 4 aromatic rings. The molecule has 1 heterocycles. The number of phenolic OH excluding ortho intramolecular Hbond substituents is 2. The number of nitrogens with zero attached hydrogens (tertiary/aromatic N) is 2. The average molecular weight is 560 g/mol. The number of hydrogen-bond donors (Lipinski definition) is 3. The highest BCUT2D eigenvalue weighted by molar-refractivity contribution is 7.93. The number of aromatic hydroxyl groups is 2. The number of rotatable bonds is 8. The number of sulfonamides is 1. The van der Waals surface area contributed by atoms with Crippen LogP contribution in [0.4, 0.5) is 10.8 Å². The second kappa shape index (κ2) is 11.0. The summed E-state index contributed by atoms with van der Waals surface area (Å²) in [5, 5.41) is 23.2. The summed E-state index contributed by atoms with van der Waals surface area (Å²) < 4.78 is 27.8. The summed E-state index contributed by atoms with van der Waals surface area (Å²) in [4.78, 5) is 5.70. The van der Waals surface area contributed by atoms with Crippen molar-refractivity contribution in [3.63, 3.8) is 0 Å². The number of thiazole rings is 1. The third-order valence-corrected chi connectivity index (χ3v) is 7.55. The fourth-order valence-corrected chi connectivity index (χ4v) is 5.26. The van der Waals surface area contributed by atoms with E-state index in [0.717, 1.165) is 0 Å². The molecule has 0 radical (unpaired) electrons. The maximum Gasteiger partial charge on any atom is 0.263 e. The lowest BCUT2D eigenvalue weighted by atomic mass is 10.2. The van der Waals surface area contributed by atoms with Gasteiger partial charge in [-0.05, 0) is 72.8 Å². The molecule has 0 amide bonds. The van der Waals surface area contributed by atoms with Crippen molar-refractivity contribution in [3.05, 3.63) is 106 Å². The minimum absolute atomic E-state index is 0.0433. The van der Waals surface area contributed by atoms with E-state index in [1.807, 2.05) is 0 Å². The molecule has 0 fully saturated rings. The summed E-state index contributed by atoms with van der Waals surface area (Å²) >= 11 is 13.3. The van der Waals surface area contributed by atoms with Gasteiger partial charge >= 0.3 is 0 Å². The molecule has 0 aliphatic heterocycles. The zero-order valence-corrected chi connectivity index (χ0v) is 21.6. The molecule has 4 rings (SSSR count). The molecular formula is C25H19Cl2N3O4S2. The van der Waals surface area contributed by atoms with Gasteiger partial charge in [0.25, 0.3) is 10.0 Å². The Morgan fingerprint density at radius 1 is 0.861 bits per heavy atom. The van der Waals surface area contributed by atoms with Gasteiger partial charge in [0.2, 0.25) is 0 Å². The van der Waals surface area contributed by atoms with Gasteiger partial charge in [0.15, 0.2) is 5.13 Å². The van der Waals surface area contributed by atoms with E-state index < -0.39 is 10.0 Å². The van der Waals surface area contributed by atoms with Crippen molar-refractivity contribution in [2.45, 2.75) is 4.90 Å². The van der Waals surface area contributed by atoms with Crippen LogP contribution in [0.2, 0.25) is 10.0 Å². The van der Waals surface area contributed by atoms with E-state index in [-0.39, 0.29) is 21.5 Å². The van der Waals surface area contributed by atoms with Gasteiger partial charge in [-0.3, -0.25) is 4.72 Å². The van der Waals surface area contributed by atoms with E-state index in [2.05, 4.69) is 9.71 Å². The fraction of sp³-hybridized carbons (Fsp3) is 0. The first-order chi connectivity index (χ1) is 17.2. The average Bonchev–Trinajstić information content (AvgIpc) is 3.35. The molecule has 3 aromatic carbocycles. The summed E-state index contributed by atoms with van der Waals surface area (Å²) in [5.41, 5.74) is 1.58. The Balaban J connectivity index is 1.67. The molecule has 184 valence electrons. The summed E-state index contributed by atoms with van der Waals surface area (Å²) in [5.74, 6) is 0.0866. The molecule has 1 aromatic heterocycles. The number of anilines is 2. The Hall–Kier alpha value is -3.50. The van der Waals surface area contributed by atoms with Crippen LogP contribution >= 0.6 is 34.5 Å². The van der Waals surface area contributed by atoms with Crippen LogP contribution in [0.5, 0.6) is 11.5 Å². The van der Waals surface area contributed by atoms with Crippen LogP contribution in [0.3, 0.4) is 0 Å². The highest BCUT2D eigenvalue weighted by Gasteiger charge is 2.16. The van der Waals surface area contributed by atoms with Gasteiger partial charge in [-0.25, -0.2) is 13.4 Å². The third-order valence-electron chi connectivity index (χ3n) is 4.91. The van der Waals surface area contributed by atoms with Gasteiger partial charge in [0.1, 0.15) is 11.5 Å². The molecule has 7 nitrogen and oxygen atoms in total. The van der Waals surface area contributed by atoms with Gasteiger partial charge in [-0.2, -0.15) is 0 Å². The normalized spacial score (nSPS) is 11.8. The van der Waals surface area contributed by atoms with Gasteiger partial charge < -0.3 is 15.1 Å². The maximum absolute atomic E-state index is 12.7. The SMILES string of the molecule is O=S(=O)(Nc1nccs1)c1ccc(N(/C=C/c2cc(Cl)ccc2O)/C=C/c2cc(Cl)ccc2O)cc1. The number of phenols is 2. The first-order valence-corrected chi connectivity index (χ1v) is 13.5. The molecule has 0 spiro atoms. The maximum atomic E-state index is 12.7. The second-order valence-corrected chi connectivity index (χ2v) is 10.8. The Morgan fingerprint density at radius 3 is 1.92 bits per heavy atom. The highest BCUT2D eigenvalue weighted by atomic mass is 35.5. The van der Waals surface area contributed by atoms with E-state index in [4.69, 9.17) is 23.2 Å².